The first-order chi connectivity index (χ1) is 21.9. The summed E-state index contributed by atoms with van der Waals surface area (Å²) in [5, 5.41) is 13.8. The average molecular weight is 736 g/mol. The summed E-state index contributed by atoms with van der Waals surface area (Å²) >= 11 is 6.95. The van der Waals surface area contributed by atoms with Gasteiger partial charge in [0.25, 0.3) is 11.1 Å². The van der Waals surface area contributed by atoms with Gasteiger partial charge in [-0.2, -0.15) is 0 Å². The smallest absolute Gasteiger partial charge is 0.274 e. The summed E-state index contributed by atoms with van der Waals surface area (Å²) in [5.74, 6) is 1.59. The van der Waals surface area contributed by atoms with E-state index in [0.717, 1.165) is 61.0 Å². The molecular weight excluding hydrogens is 704 g/mol. The number of methoxy groups -OCH3 is 2. The molecule has 1 aliphatic rings. The van der Waals surface area contributed by atoms with Gasteiger partial charge in [-0.25, -0.2) is 4.68 Å². The molecule has 2 aromatic heterocycles. The summed E-state index contributed by atoms with van der Waals surface area (Å²) in [6, 6.07) is 26.9. The molecule has 45 heavy (non-hydrogen) atoms. The number of nitrogens with zero attached hydrogens (tertiary/aromatic N) is 3. The highest BCUT2D eigenvalue weighted by atomic mass is 79.9. The zero-order chi connectivity index (χ0) is 31.7. The van der Waals surface area contributed by atoms with Crippen LogP contribution in [0.1, 0.15) is 36.1 Å². The van der Waals surface area contributed by atoms with Crippen LogP contribution in [0.2, 0.25) is 0 Å². The number of fused-ring (bicyclic) bond motifs is 4. The van der Waals surface area contributed by atoms with E-state index in [9.17, 15) is 14.7 Å². The van der Waals surface area contributed by atoms with E-state index < -0.39 is 0 Å². The second-order valence-electron chi connectivity index (χ2n) is 10.7. The Morgan fingerprint density at radius 1 is 0.867 bits per heavy atom. The van der Waals surface area contributed by atoms with E-state index in [-0.39, 0.29) is 29.8 Å². The minimum atomic E-state index is -0.226. The van der Waals surface area contributed by atoms with Gasteiger partial charge in [0.15, 0.2) is 0 Å². The molecule has 3 heterocycles. The molecule has 0 saturated heterocycles. The quantitative estimate of drug-likeness (QED) is 0.192. The number of aliphatic hydroxyl groups excluding tert-OH is 1. The lowest BCUT2D eigenvalue weighted by Crippen LogP contribution is -2.17. The Balaban J connectivity index is 0.000000159. The molecule has 4 aromatic carbocycles. The minimum Gasteiger partial charge on any atom is -0.496 e. The average Bonchev–Trinajstić information content (AvgIpc) is 3.72. The van der Waals surface area contributed by atoms with E-state index in [2.05, 4.69) is 47.7 Å². The van der Waals surface area contributed by atoms with Gasteiger partial charge in [-0.3, -0.25) is 24.1 Å². The van der Waals surface area contributed by atoms with Crippen LogP contribution in [-0.4, -0.2) is 45.1 Å². The van der Waals surface area contributed by atoms with E-state index in [4.69, 9.17) is 9.47 Å². The summed E-state index contributed by atoms with van der Waals surface area (Å²) < 4.78 is 18.6. The van der Waals surface area contributed by atoms with Crippen LogP contribution in [0.3, 0.4) is 0 Å². The summed E-state index contributed by atoms with van der Waals surface area (Å²) in [6.45, 7) is 0.728. The lowest BCUT2D eigenvalue weighted by Gasteiger charge is -2.21. The Bertz CT molecular complexity index is 2110. The van der Waals surface area contributed by atoms with Gasteiger partial charge in [0.05, 0.1) is 48.1 Å². The van der Waals surface area contributed by atoms with Gasteiger partial charge in [-0.05, 0) is 61.4 Å². The number of aliphatic hydroxyl groups is 1. The van der Waals surface area contributed by atoms with Crippen molar-refractivity contribution in [2.45, 2.75) is 31.5 Å². The molecule has 2 unspecified atom stereocenters. The Morgan fingerprint density at radius 2 is 1.51 bits per heavy atom. The van der Waals surface area contributed by atoms with Crippen LogP contribution in [0.15, 0.2) is 103 Å². The third-order valence-corrected chi connectivity index (χ3v) is 9.22. The highest BCUT2D eigenvalue weighted by Gasteiger charge is 2.29. The number of hydrogen-bond donors (Lipinski definition) is 2. The second-order valence-corrected chi connectivity index (χ2v) is 12.6. The Kier molecular flexibility index (Phi) is 9.02. The van der Waals surface area contributed by atoms with Crippen LogP contribution in [0, 0.1) is 0 Å². The largest absolute Gasteiger partial charge is 0.496 e. The predicted octanol–water partition coefficient (Wildman–Crippen LogP) is 6.64. The number of rotatable bonds is 7. The topological polar surface area (TPSA) is 103 Å². The molecule has 9 nitrogen and oxygen atoms in total. The van der Waals surface area contributed by atoms with Crippen molar-refractivity contribution in [1.82, 2.24) is 19.1 Å². The minimum absolute atomic E-state index is 0.00157. The lowest BCUT2D eigenvalue weighted by atomic mass is 10.0. The lowest BCUT2D eigenvalue weighted by molar-refractivity contribution is 0.263. The Labute approximate surface area is 275 Å². The van der Waals surface area contributed by atoms with E-state index in [1.807, 2.05) is 77.5 Å². The molecule has 2 atom stereocenters. The summed E-state index contributed by atoms with van der Waals surface area (Å²) in [5.41, 5.74) is 3.72. The molecule has 0 radical (unpaired) electrons. The molecule has 1 aliphatic heterocycles. The number of aromatic nitrogens is 4. The molecule has 0 fully saturated rings. The van der Waals surface area contributed by atoms with Crippen molar-refractivity contribution in [3.63, 3.8) is 0 Å². The normalized spacial score (nSPS) is 14.6. The number of nitrogens with one attached hydrogen (secondary N) is 1. The van der Waals surface area contributed by atoms with Crippen molar-refractivity contribution in [2.24, 2.45) is 0 Å². The number of halogens is 2. The number of ether oxygens (including phenoxy) is 2. The van der Waals surface area contributed by atoms with Crippen LogP contribution in [0.4, 0.5) is 0 Å². The number of hydrogen-bond acceptors (Lipinski definition) is 5. The Morgan fingerprint density at radius 3 is 2.22 bits per heavy atom. The fraction of sp³-hybridized carbons (Fsp3) is 0.235. The van der Waals surface area contributed by atoms with Gasteiger partial charge in [0.2, 0.25) is 0 Å². The second kappa shape index (κ2) is 13.1. The molecule has 0 bridgehead atoms. The molecule has 232 valence electrons. The third kappa shape index (κ3) is 5.76. The van der Waals surface area contributed by atoms with Crippen molar-refractivity contribution in [1.29, 1.82) is 0 Å². The monoisotopic (exact) mass is 734 g/mol. The number of aromatic amines is 1. The van der Waals surface area contributed by atoms with Crippen LogP contribution >= 0.6 is 31.9 Å². The van der Waals surface area contributed by atoms with E-state index in [1.54, 1.807) is 25.0 Å². The van der Waals surface area contributed by atoms with Crippen LogP contribution in [0.5, 0.6) is 11.5 Å². The number of H-pyrrole nitrogens is 1. The molecule has 0 spiro atoms. The zero-order valence-electron chi connectivity index (χ0n) is 24.7. The van der Waals surface area contributed by atoms with Crippen molar-refractivity contribution < 1.29 is 14.6 Å². The maximum Gasteiger partial charge on any atom is 0.274 e. The van der Waals surface area contributed by atoms with Gasteiger partial charge >= 0.3 is 0 Å². The fourth-order valence-corrected chi connectivity index (χ4v) is 6.94. The maximum atomic E-state index is 12.6. The van der Waals surface area contributed by atoms with Crippen molar-refractivity contribution in [3.8, 4) is 11.5 Å². The molecule has 2 N–H and O–H groups in total. The van der Waals surface area contributed by atoms with E-state index in [1.165, 1.54) is 0 Å². The maximum absolute atomic E-state index is 12.6. The SMILES string of the molecule is COc1ccccc1C(CCO)n1[nH]c(=O)c2ccc(Br)cc21.COc1ccccc1C1CCn2c(=O)c3ccc(Br)cc3n21. The first kappa shape index (κ1) is 30.9. The van der Waals surface area contributed by atoms with E-state index >= 15 is 0 Å². The summed E-state index contributed by atoms with van der Waals surface area (Å²) in [6.07, 6.45) is 1.37. The molecule has 6 aromatic rings. The van der Waals surface area contributed by atoms with Crippen molar-refractivity contribution in [2.75, 3.05) is 20.8 Å². The van der Waals surface area contributed by atoms with Crippen LogP contribution in [-0.2, 0) is 6.54 Å². The van der Waals surface area contributed by atoms with Gasteiger partial charge in [-0.15, -0.1) is 0 Å². The van der Waals surface area contributed by atoms with Gasteiger partial charge in [-0.1, -0.05) is 68.3 Å². The molecule has 11 heteroatoms. The first-order valence-electron chi connectivity index (χ1n) is 14.5. The van der Waals surface area contributed by atoms with Crippen molar-refractivity contribution >= 4 is 53.7 Å². The number of benzene rings is 4. The third-order valence-electron chi connectivity index (χ3n) is 8.24. The Hall–Kier alpha value is -4.06. The zero-order valence-corrected chi connectivity index (χ0v) is 27.9. The van der Waals surface area contributed by atoms with E-state index in [0.29, 0.717) is 11.8 Å². The molecule has 0 saturated carbocycles. The standard InChI is InChI=1S/C17H17BrN2O3.C17H15BrN2O2/c1-23-16-5-3-2-4-12(16)14(8-9-21)20-15-10-11(18)6-7-13(15)17(22)19-20;1-22-16-5-3-2-4-12(16)14-8-9-19-17(21)13-7-6-11(18)10-15(13)20(14)19/h2-7,10,14,21H,8-9H2,1H3,(H,19,22);2-7,10,14H,8-9H2,1H3. The fourth-order valence-electron chi connectivity index (χ4n) is 6.24. The summed E-state index contributed by atoms with van der Waals surface area (Å²) in [4.78, 5) is 24.8. The van der Waals surface area contributed by atoms with Gasteiger partial charge in [0.1, 0.15) is 11.5 Å². The molecular formula is C34H32Br2N4O5. The molecule has 7 rings (SSSR count). The highest BCUT2D eigenvalue weighted by Crippen LogP contribution is 2.36. The highest BCUT2D eigenvalue weighted by molar-refractivity contribution is 9.10. The van der Waals surface area contributed by atoms with Crippen LogP contribution in [0.25, 0.3) is 21.8 Å². The molecule has 0 aliphatic carbocycles. The summed E-state index contributed by atoms with van der Waals surface area (Å²) in [7, 11) is 3.30. The first-order valence-corrected chi connectivity index (χ1v) is 16.1. The predicted molar refractivity (Wildman–Crippen MR) is 183 cm³/mol. The molecule has 0 amide bonds. The van der Waals surface area contributed by atoms with Crippen LogP contribution < -0.4 is 20.6 Å². The van der Waals surface area contributed by atoms with Gasteiger partial charge in [0, 0.05) is 33.2 Å². The van der Waals surface area contributed by atoms with Gasteiger partial charge < -0.3 is 14.6 Å². The number of para-hydroxylation sites is 2. The van der Waals surface area contributed by atoms with Crippen molar-refractivity contribution in [3.05, 3.63) is 126 Å².